The number of rotatable bonds is 7. The van der Waals surface area contributed by atoms with Crippen molar-refractivity contribution in [2.75, 3.05) is 13.7 Å². The van der Waals surface area contributed by atoms with Gasteiger partial charge in [0.2, 0.25) is 10.0 Å². The molecule has 6 nitrogen and oxygen atoms in total. The summed E-state index contributed by atoms with van der Waals surface area (Å²) in [4.78, 5) is 12.6. The van der Waals surface area contributed by atoms with Gasteiger partial charge in [0.15, 0.2) is 0 Å². The van der Waals surface area contributed by atoms with Gasteiger partial charge in [-0.1, -0.05) is 25.1 Å². The third-order valence-corrected chi connectivity index (χ3v) is 5.57. The van der Waals surface area contributed by atoms with E-state index >= 15 is 0 Å². The second kappa shape index (κ2) is 8.33. The highest BCUT2D eigenvalue weighted by Crippen LogP contribution is 2.19. The third kappa shape index (κ3) is 4.62. The first kappa shape index (κ1) is 19.9. The number of hydrogen-bond donors (Lipinski definition) is 2. The molecule has 0 heterocycles. The lowest BCUT2D eigenvalue weighted by molar-refractivity contribution is 0.0950. The second-order valence-corrected chi connectivity index (χ2v) is 7.73. The molecule has 0 aliphatic heterocycles. The van der Waals surface area contributed by atoms with Crippen LogP contribution in [0.15, 0.2) is 41.3 Å². The summed E-state index contributed by atoms with van der Waals surface area (Å²) < 4.78 is 32.0. The normalized spacial score (nSPS) is 11.2. The van der Waals surface area contributed by atoms with E-state index in [0.717, 1.165) is 16.9 Å². The molecule has 0 atom stereocenters. The minimum absolute atomic E-state index is 0.0760. The van der Waals surface area contributed by atoms with E-state index in [-0.39, 0.29) is 17.3 Å². The fraction of sp³-hybridized carbons (Fsp3) is 0.316. The van der Waals surface area contributed by atoms with Gasteiger partial charge in [-0.05, 0) is 48.7 Å². The number of carbonyl (C=O) groups excluding carboxylic acids is 1. The van der Waals surface area contributed by atoms with Crippen molar-refractivity contribution >= 4 is 15.9 Å². The Hall–Kier alpha value is -2.38. The van der Waals surface area contributed by atoms with Crippen LogP contribution in [0.4, 0.5) is 0 Å². The van der Waals surface area contributed by atoms with Crippen molar-refractivity contribution in [3.8, 4) is 5.75 Å². The van der Waals surface area contributed by atoms with Crippen LogP contribution in [0.5, 0.6) is 5.75 Å². The van der Waals surface area contributed by atoms with Gasteiger partial charge >= 0.3 is 0 Å². The van der Waals surface area contributed by atoms with E-state index in [9.17, 15) is 13.2 Å². The molecule has 2 N–H and O–H groups in total. The smallest absolute Gasteiger partial charge is 0.251 e. The summed E-state index contributed by atoms with van der Waals surface area (Å²) >= 11 is 0. The number of ether oxygens (including phenoxy) is 1. The zero-order valence-electron chi connectivity index (χ0n) is 15.4. The van der Waals surface area contributed by atoms with Gasteiger partial charge in [-0.15, -0.1) is 0 Å². The lowest BCUT2D eigenvalue weighted by Crippen LogP contribution is -2.26. The van der Waals surface area contributed by atoms with Crippen LogP contribution in [0.2, 0.25) is 0 Å². The molecule has 0 fully saturated rings. The van der Waals surface area contributed by atoms with Crippen molar-refractivity contribution in [3.63, 3.8) is 0 Å². The van der Waals surface area contributed by atoms with Gasteiger partial charge in [0.1, 0.15) is 5.75 Å². The number of sulfonamides is 1. The molecule has 0 spiro atoms. The molecule has 0 unspecified atom stereocenters. The maximum atomic E-state index is 12.5. The first-order chi connectivity index (χ1) is 12.3. The van der Waals surface area contributed by atoms with E-state index in [1.807, 2.05) is 25.1 Å². The Labute approximate surface area is 154 Å². The first-order valence-electron chi connectivity index (χ1n) is 8.30. The van der Waals surface area contributed by atoms with Crippen LogP contribution < -0.4 is 14.8 Å². The summed E-state index contributed by atoms with van der Waals surface area (Å²) in [6, 6.07) is 10.2. The third-order valence-electron chi connectivity index (χ3n) is 4.02. The molecule has 0 saturated carbocycles. The standard InChI is InChI=1S/C19H24N2O4S/c1-5-21-26(23,24)16-9-7-13(2)17(11-16)19(22)20-12-15-8-6-14(3)18(10-15)25-4/h6-11,21H,5,12H2,1-4H3,(H,20,22). The molecular weight excluding hydrogens is 352 g/mol. The number of nitrogens with one attached hydrogen (secondary N) is 2. The highest BCUT2D eigenvalue weighted by molar-refractivity contribution is 7.89. The summed E-state index contributed by atoms with van der Waals surface area (Å²) in [5.74, 6) is 0.433. The monoisotopic (exact) mass is 376 g/mol. The van der Waals surface area contributed by atoms with Crippen molar-refractivity contribution < 1.29 is 17.9 Å². The summed E-state index contributed by atoms with van der Waals surface area (Å²) in [6.45, 7) is 6.02. The van der Waals surface area contributed by atoms with E-state index in [2.05, 4.69) is 10.0 Å². The Morgan fingerprint density at radius 1 is 1.08 bits per heavy atom. The van der Waals surface area contributed by atoms with Gasteiger partial charge in [0.25, 0.3) is 5.91 Å². The predicted octanol–water partition coefficient (Wildman–Crippen LogP) is 2.54. The van der Waals surface area contributed by atoms with Crippen LogP contribution in [0.1, 0.15) is 34.0 Å². The van der Waals surface area contributed by atoms with Crippen LogP contribution in [0.25, 0.3) is 0 Å². The highest BCUT2D eigenvalue weighted by atomic mass is 32.2. The van der Waals surface area contributed by atoms with E-state index < -0.39 is 10.0 Å². The highest BCUT2D eigenvalue weighted by Gasteiger charge is 2.17. The minimum atomic E-state index is -3.61. The van der Waals surface area contributed by atoms with Crippen molar-refractivity contribution in [2.24, 2.45) is 0 Å². The molecule has 7 heteroatoms. The molecule has 140 valence electrons. The van der Waals surface area contributed by atoms with Crippen LogP contribution in [0.3, 0.4) is 0 Å². The predicted molar refractivity (Wildman–Crippen MR) is 101 cm³/mol. The molecule has 2 aromatic rings. The van der Waals surface area contributed by atoms with Gasteiger partial charge in [-0.2, -0.15) is 0 Å². The van der Waals surface area contributed by atoms with Crippen LogP contribution in [0, 0.1) is 13.8 Å². The molecule has 2 aromatic carbocycles. The largest absolute Gasteiger partial charge is 0.496 e. The molecule has 0 bridgehead atoms. The zero-order valence-corrected chi connectivity index (χ0v) is 16.2. The maximum Gasteiger partial charge on any atom is 0.251 e. The van der Waals surface area contributed by atoms with E-state index in [0.29, 0.717) is 17.7 Å². The number of benzene rings is 2. The summed E-state index contributed by atoms with van der Waals surface area (Å²) in [5, 5.41) is 2.83. The summed E-state index contributed by atoms with van der Waals surface area (Å²) in [5.41, 5.74) is 2.96. The van der Waals surface area contributed by atoms with Crippen LogP contribution >= 0.6 is 0 Å². The number of hydrogen-bond acceptors (Lipinski definition) is 4. The van der Waals surface area contributed by atoms with Gasteiger partial charge in [-0.3, -0.25) is 4.79 Å². The quantitative estimate of drug-likeness (QED) is 0.778. The molecule has 26 heavy (non-hydrogen) atoms. The lowest BCUT2D eigenvalue weighted by Gasteiger charge is -2.12. The Morgan fingerprint density at radius 3 is 2.42 bits per heavy atom. The summed E-state index contributed by atoms with van der Waals surface area (Å²) in [6.07, 6.45) is 0. The number of aryl methyl sites for hydroxylation is 2. The van der Waals surface area contributed by atoms with Gasteiger partial charge in [0, 0.05) is 18.7 Å². The minimum Gasteiger partial charge on any atom is -0.496 e. The van der Waals surface area contributed by atoms with Crippen molar-refractivity contribution in [1.82, 2.24) is 10.0 Å². The number of carbonyl (C=O) groups is 1. The summed E-state index contributed by atoms with van der Waals surface area (Å²) in [7, 11) is -2.01. The molecule has 0 aliphatic rings. The molecule has 0 radical (unpaired) electrons. The fourth-order valence-corrected chi connectivity index (χ4v) is 3.61. The maximum absolute atomic E-state index is 12.5. The first-order valence-corrected chi connectivity index (χ1v) is 9.79. The van der Waals surface area contributed by atoms with Crippen LogP contribution in [-0.2, 0) is 16.6 Å². The fourth-order valence-electron chi connectivity index (χ4n) is 2.54. The van der Waals surface area contributed by atoms with Crippen LogP contribution in [-0.4, -0.2) is 28.0 Å². The van der Waals surface area contributed by atoms with E-state index in [1.54, 1.807) is 27.0 Å². The Kier molecular flexibility index (Phi) is 6.39. The average Bonchev–Trinajstić information content (AvgIpc) is 2.60. The SMILES string of the molecule is CCNS(=O)(=O)c1ccc(C)c(C(=O)NCc2ccc(C)c(OC)c2)c1. The van der Waals surface area contributed by atoms with Crippen molar-refractivity contribution in [2.45, 2.75) is 32.2 Å². The topological polar surface area (TPSA) is 84.5 Å². The molecule has 0 saturated heterocycles. The van der Waals surface area contributed by atoms with E-state index in [1.165, 1.54) is 12.1 Å². The molecule has 0 aliphatic carbocycles. The average molecular weight is 376 g/mol. The second-order valence-electron chi connectivity index (χ2n) is 5.96. The number of methoxy groups -OCH3 is 1. The van der Waals surface area contributed by atoms with Gasteiger partial charge < -0.3 is 10.1 Å². The molecule has 1 amide bonds. The van der Waals surface area contributed by atoms with Gasteiger partial charge in [0.05, 0.1) is 12.0 Å². The van der Waals surface area contributed by atoms with Gasteiger partial charge in [-0.25, -0.2) is 13.1 Å². The zero-order chi connectivity index (χ0) is 19.3. The Balaban J connectivity index is 2.19. The Morgan fingerprint density at radius 2 is 1.77 bits per heavy atom. The molecular formula is C19H24N2O4S. The Bertz CT molecular complexity index is 908. The molecule has 2 rings (SSSR count). The molecule has 0 aromatic heterocycles. The van der Waals surface area contributed by atoms with E-state index in [4.69, 9.17) is 4.74 Å². The number of amides is 1. The lowest BCUT2D eigenvalue weighted by atomic mass is 10.1. The van der Waals surface area contributed by atoms with Crippen molar-refractivity contribution in [3.05, 3.63) is 58.7 Å². The van der Waals surface area contributed by atoms with Crippen molar-refractivity contribution in [1.29, 1.82) is 0 Å².